The van der Waals surface area contributed by atoms with Crippen LogP contribution in [-0.4, -0.2) is 22.3 Å². The average Bonchev–Trinajstić information content (AvgIpc) is 2.41. The van der Waals surface area contributed by atoms with E-state index >= 15 is 0 Å². The number of hydrogen-bond donors (Lipinski definition) is 1. The molecule has 0 spiro atoms. The molecule has 1 fully saturated rings. The zero-order valence-corrected chi connectivity index (χ0v) is 14.8. The molecule has 2 bridgehead atoms. The molecule has 1 N–H and O–H groups in total. The van der Waals surface area contributed by atoms with E-state index in [9.17, 15) is 0 Å². The smallest absolute Gasteiger partial charge is 0.187 e. The minimum atomic E-state index is -0.466. The summed E-state index contributed by atoms with van der Waals surface area (Å²) in [4.78, 5) is 2.08. The molecule has 2 heterocycles. The quantitative estimate of drug-likeness (QED) is 0.633. The summed E-state index contributed by atoms with van der Waals surface area (Å²) in [5.41, 5.74) is 1.92. The first kappa shape index (κ1) is 14.9. The fourth-order valence-corrected chi connectivity index (χ4v) is 4.34. The Labute approximate surface area is 139 Å². The second kappa shape index (κ2) is 4.99. The molecule has 1 aromatic rings. The van der Waals surface area contributed by atoms with Crippen LogP contribution in [0.5, 0.6) is 5.75 Å². The van der Waals surface area contributed by atoms with Gasteiger partial charge in [0.25, 0.3) is 0 Å². The number of fused-ring (bicyclic) bond motifs is 4. The van der Waals surface area contributed by atoms with Gasteiger partial charge in [-0.25, -0.2) is 0 Å². The summed E-state index contributed by atoms with van der Waals surface area (Å²) in [7, 11) is 0. The lowest BCUT2D eigenvalue weighted by atomic mass is 9.80. The van der Waals surface area contributed by atoms with Crippen LogP contribution in [0.25, 0.3) is 0 Å². The van der Waals surface area contributed by atoms with Gasteiger partial charge in [-0.3, -0.25) is 0 Å². The third-order valence-electron chi connectivity index (χ3n) is 4.58. The fraction of sp³-hybridized carbons (Fsp3) is 0.438. The minimum Gasteiger partial charge on any atom is -0.466 e. The lowest BCUT2D eigenvalue weighted by Crippen LogP contribution is -2.68. The molecule has 1 saturated heterocycles. The molecule has 3 atom stereocenters. The number of rotatable bonds is 2. The van der Waals surface area contributed by atoms with Gasteiger partial charge in [-0.05, 0) is 53.6 Å². The molecule has 3 rings (SSSR count). The van der Waals surface area contributed by atoms with Crippen LogP contribution in [0.3, 0.4) is 0 Å². The summed E-state index contributed by atoms with van der Waals surface area (Å²) in [5, 5.41) is 4.20. The predicted octanol–water partition coefficient (Wildman–Crippen LogP) is 3.92. The van der Waals surface area contributed by atoms with Gasteiger partial charge in [0.05, 0.1) is 10.5 Å². The third kappa shape index (κ3) is 2.09. The first-order valence-corrected chi connectivity index (χ1v) is 8.26. The normalized spacial score (nSPS) is 30.3. The monoisotopic (exact) mass is 366 g/mol. The Kier molecular flexibility index (Phi) is 3.53. The molecule has 0 radical (unpaired) electrons. The second-order valence-corrected chi connectivity index (χ2v) is 7.18. The van der Waals surface area contributed by atoms with E-state index < -0.39 is 5.72 Å². The van der Waals surface area contributed by atoms with Crippen LogP contribution in [0, 0.1) is 12.8 Å². The molecule has 0 aromatic heterocycles. The van der Waals surface area contributed by atoms with Crippen LogP contribution < -0.4 is 10.1 Å². The predicted molar refractivity (Wildman–Crippen MR) is 92.5 cm³/mol. The number of halogens is 1. The summed E-state index contributed by atoms with van der Waals surface area (Å²) in [6.45, 7) is 10.9. The number of benzene rings is 1. The van der Waals surface area contributed by atoms with Crippen molar-refractivity contribution in [2.45, 2.75) is 32.5 Å². The Morgan fingerprint density at radius 3 is 2.95 bits per heavy atom. The second-order valence-electron chi connectivity index (χ2n) is 5.94. The van der Waals surface area contributed by atoms with Crippen molar-refractivity contribution in [2.24, 2.45) is 5.92 Å². The van der Waals surface area contributed by atoms with Crippen molar-refractivity contribution in [3.63, 3.8) is 0 Å². The lowest BCUT2D eigenvalue weighted by Gasteiger charge is -2.56. The van der Waals surface area contributed by atoms with Gasteiger partial charge < -0.3 is 15.0 Å². The number of nitrogens with zero attached hydrogens (tertiary/aromatic N) is 1. The Morgan fingerprint density at radius 2 is 2.29 bits per heavy atom. The van der Waals surface area contributed by atoms with Gasteiger partial charge in [0.15, 0.2) is 10.8 Å². The maximum Gasteiger partial charge on any atom is 0.187 e. The van der Waals surface area contributed by atoms with Gasteiger partial charge in [-0.1, -0.05) is 19.1 Å². The lowest BCUT2D eigenvalue weighted by molar-refractivity contribution is -0.106. The van der Waals surface area contributed by atoms with Crippen molar-refractivity contribution >= 4 is 33.3 Å². The van der Waals surface area contributed by atoms with E-state index in [1.807, 2.05) is 6.08 Å². The zero-order chi connectivity index (χ0) is 15.4. The molecule has 3 unspecified atom stereocenters. The van der Waals surface area contributed by atoms with Gasteiger partial charge in [-0.2, -0.15) is 0 Å². The van der Waals surface area contributed by atoms with E-state index in [1.165, 1.54) is 11.1 Å². The number of aryl methyl sites for hydroxylation is 1. The average molecular weight is 367 g/mol. The van der Waals surface area contributed by atoms with Crippen LogP contribution in [0.2, 0.25) is 0 Å². The highest BCUT2D eigenvalue weighted by molar-refractivity contribution is 9.10. The number of nitrogens with one attached hydrogen (secondary N) is 1. The number of ether oxygens (including phenoxy) is 1. The van der Waals surface area contributed by atoms with Gasteiger partial charge in [0.2, 0.25) is 0 Å². The molecular formula is C16H19BrN2OS. The summed E-state index contributed by atoms with van der Waals surface area (Å²) in [6, 6.07) is 4.44. The highest BCUT2D eigenvalue weighted by atomic mass is 79.9. The van der Waals surface area contributed by atoms with E-state index in [0.717, 1.165) is 15.3 Å². The van der Waals surface area contributed by atoms with Crippen molar-refractivity contribution < 1.29 is 4.74 Å². The largest absolute Gasteiger partial charge is 0.466 e. The van der Waals surface area contributed by atoms with Crippen molar-refractivity contribution in [1.29, 1.82) is 0 Å². The number of hydrogen-bond acceptors (Lipinski definition) is 2. The number of thiocarbonyl (C=S) groups is 1. The molecule has 1 aromatic carbocycles. The summed E-state index contributed by atoms with van der Waals surface area (Å²) in [6.07, 6.45) is 1.86. The zero-order valence-electron chi connectivity index (χ0n) is 12.4. The maximum absolute atomic E-state index is 6.43. The van der Waals surface area contributed by atoms with Crippen LogP contribution >= 0.6 is 28.1 Å². The van der Waals surface area contributed by atoms with Gasteiger partial charge in [-0.15, -0.1) is 6.58 Å². The van der Waals surface area contributed by atoms with Gasteiger partial charge in [0, 0.05) is 18.0 Å². The summed E-state index contributed by atoms with van der Waals surface area (Å²) in [5.74, 6) is 1.18. The first-order chi connectivity index (χ1) is 9.88. The molecular weight excluding hydrogens is 348 g/mol. The van der Waals surface area contributed by atoms with Crippen LogP contribution in [-0.2, 0) is 0 Å². The Balaban J connectivity index is 2.16. The molecule has 5 heteroatoms. The van der Waals surface area contributed by atoms with Crippen LogP contribution in [0.1, 0.15) is 31.0 Å². The van der Waals surface area contributed by atoms with E-state index in [4.69, 9.17) is 17.0 Å². The Bertz CT molecular complexity index is 633. The van der Waals surface area contributed by atoms with E-state index in [-0.39, 0.29) is 12.0 Å². The van der Waals surface area contributed by atoms with Gasteiger partial charge >= 0.3 is 0 Å². The summed E-state index contributed by atoms with van der Waals surface area (Å²) < 4.78 is 7.42. The van der Waals surface area contributed by atoms with Crippen molar-refractivity contribution in [1.82, 2.24) is 10.2 Å². The standard InChI is InChI=1S/C16H19BrN2OS/c1-5-6-19-15(21)18-13-10(3)16(19,4)20-14-11(13)7-9(2)8-12(14)17/h5,7-8,10,13H,1,6H2,2-4H3,(H,18,21). The fourth-order valence-electron chi connectivity index (χ4n) is 3.28. The Morgan fingerprint density at radius 1 is 1.57 bits per heavy atom. The highest BCUT2D eigenvalue weighted by Crippen LogP contribution is 2.50. The van der Waals surface area contributed by atoms with E-state index in [2.05, 4.69) is 65.6 Å². The molecule has 112 valence electrons. The van der Waals surface area contributed by atoms with Crippen LogP contribution in [0.4, 0.5) is 0 Å². The third-order valence-corrected chi connectivity index (χ3v) is 5.50. The molecule has 0 amide bonds. The van der Waals surface area contributed by atoms with E-state index in [1.54, 1.807) is 0 Å². The SMILES string of the molecule is C=CCN1C(=S)NC2c3cc(C)cc(Br)c3OC1(C)C2C. The molecule has 0 aliphatic carbocycles. The molecule has 3 nitrogen and oxygen atoms in total. The minimum absolute atomic E-state index is 0.170. The Hall–Kier alpha value is -1.07. The summed E-state index contributed by atoms with van der Waals surface area (Å²) >= 11 is 9.18. The van der Waals surface area contributed by atoms with Crippen molar-refractivity contribution in [2.75, 3.05) is 6.54 Å². The topological polar surface area (TPSA) is 24.5 Å². The molecule has 2 aliphatic rings. The molecule has 2 aliphatic heterocycles. The molecule has 0 saturated carbocycles. The van der Waals surface area contributed by atoms with Gasteiger partial charge in [0.1, 0.15) is 5.75 Å². The van der Waals surface area contributed by atoms with E-state index in [0.29, 0.717) is 6.54 Å². The van der Waals surface area contributed by atoms with Crippen LogP contribution in [0.15, 0.2) is 29.3 Å². The highest BCUT2D eigenvalue weighted by Gasteiger charge is 2.53. The first-order valence-electron chi connectivity index (χ1n) is 7.06. The molecule has 21 heavy (non-hydrogen) atoms. The van der Waals surface area contributed by atoms with Crippen molar-refractivity contribution in [3.8, 4) is 5.75 Å². The van der Waals surface area contributed by atoms with Crippen molar-refractivity contribution in [3.05, 3.63) is 40.4 Å². The maximum atomic E-state index is 6.43.